The van der Waals surface area contributed by atoms with Crippen LogP contribution < -0.4 is 5.73 Å². The first-order valence-corrected chi connectivity index (χ1v) is 7.46. The van der Waals surface area contributed by atoms with E-state index in [-0.39, 0.29) is 0 Å². The zero-order chi connectivity index (χ0) is 12.1. The van der Waals surface area contributed by atoms with Gasteiger partial charge in [0.2, 0.25) is 0 Å². The first-order valence-electron chi connectivity index (χ1n) is 7.46. The average molecular weight is 239 g/mol. The second kappa shape index (κ2) is 6.72. The summed E-state index contributed by atoms with van der Waals surface area (Å²) in [5.74, 6) is 0.885. The minimum atomic E-state index is 0.812. The summed E-state index contributed by atoms with van der Waals surface area (Å²) in [5, 5.41) is 0. The summed E-state index contributed by atoms with van der Waals surface area (Å²) >= 11 is 0. The van der Waals surface area contributed by atoms with Gasteiger partial charge in [-0.3, -0.25) is 0 Å². The van der Waals surface area contributed by atoms with Crippen LogP contribution in [0.25, 0.3) is 0 Å². The van der Waals surface area contributed by atoms with Crippen LogP contribution in [0.2, 0.25) is 0 Å². The molecule has 2 heterocycles. The van der Waals surface area contributed by atoms with Gasteiger partial charge in [-0.15, -0.1) is 0 Å². The van der Waals surface area contributed by atoms with Gasteiger partial charge in [0, 0.05) is 32.2 Å². The summed E-state index contributed by atoms with van der Waals surface area (Å²) in [6.45, 7) is 9.50. The lowest BCUT2D eigenvalue weighted by Crippen LogP contribution is -2.46. The molecule has 3 heteroatoms. The molecule has 0 spiro atoms. The molecule has 2 unspecified atom stereocenters. The third-order valence-electron chi connectivity index (χ3n) is 4.48. The molecule has 2 fully saturated rings. The Morgan fingerprint density at radius 1 is 1.12 bits per heavy atom. The molecule has 0 bridgehead atoms. The summed E-state index contributed by atoms with van der Waals surface area (Å²) in [5.41, 5.74) is 5.66. The molecule has 100 valence electrons. The van der Waals surface area contributed by atoms with Crippen LogP contribution in [0.3, 0.4) is 0 Å². The van der Waals surface area contributed by atoms with Crippen molar-refractivity contribution in [3.8, 4) is 0 Å². The van der Waals surface area contributed by atoms with Crippen molar-refractivity contribution in [3.05, 3.63) is 0 Å². The minimum absolute atomic E-state index is 0.812. The fourth-order valence-electron chi connectivity index (χ4n) is 3.45. The maximum Gasteiger partial charge on any atom is 0.0105 e. The zero-order valence-electron chi connectivity index (χ0n) is 11.4. The van der Waals surface area contributed by atoms with Crippen LogP contribution in [0.1, 0.15) is 39.0 Å². The van der Waals surface area contributed by atoms with Crippen molar-refractivity contribution in [2.75, 3.05) is 39.3 Å². The Kier molecular flexibility index (Phi) is 5.26. The van der Waals surface area contributed by atoms with E-state index in [2.05, 4.69) is 16.7 Å². The molecule has 2 rings (SSSR count). The molecule has 0 radical (unpaired) electrons. The highest BCUT2D eigenvalue weighted by molar-refractivity contribution is 4.80. The Morgan fingerprint density at radius 2 is 2.00 bits per heavy atom. The molecule has 0 saturated carbocycles. The SMILES string of the molecule is CC1CCCCN1CC1CCCN(CCN)C1. The van der Waals surface area contributed by atoms with Crippen molar-refractivity contribution >= 4 is 0 Å². The highest BCUT2D eigenvalue weighted by Crippen LogP contribution is 2.22. The predicted octanol–water partition coefficient (Wildman–Crippen LogP) is 1.53. The van der Waals surface area contributed by atoms with E-state index in [0.29, 0.717) is 0 Å². The van der Waals surface area contributed by atoms with Crippen LogP contribution in [0.4, 0.5) is 0 Å². The number of nitrogens with two attached hydrogens (primary N) is 1. The third kappa shape index (κ3) is 3.94. The van der Waals surface area contributed by atoms with E-state index in [4.69, 9.17) is 5.73 Å². The quantitative estimate of drug-likeness (QED) is 0.807. The lowest BCUT2D eigenvalue weighted by Gasteiger charge is -2.39. The number of piperidine rings is 2. The normalized spacial score (nSPS) is 32.8. The number of likely N-dealkylation sites (tertiary alicyclic amines) is 2. The Balaban J connectivity index is 1.77. The summed E-state index contributed by atoms with van der Waals surface area (Å²) in [6, 6.07) is 0.814. The lowest BCUT2D eigenvalue weighted by molar-refractivity contribution is 0.0952. The fourth-order valence-corrected chi connectivity index (χ4v) is 3.45. The van der Waals surface area contributed by atoms with Gasteiger partial charge < -0.3 is 15.5 Å². The molecule has 0 aliphatic carbocycles. The highest BCUT2D eigenvalue weighted by Gasteiger charge is 2.25. The summed E-state index contributed by atoms with van der Waals surface area (Å²) < 4.78 is 0. The van der Waals surface area contributed by atoms with Crippen LogP contribution in [0.5, 0.6) is 0 Å². The summed E-state index contributed by atoms with van der Waals surface area (Å²) in [6.07, 6.45) is 7.03. The topological polar surface area (TPSA) is 32.5 Å². The van der Waals surface area contributed by atoms with E-state index in [1.165, 1.54) is 58.3 Å². The molecule has 2 N–H and O–H groups in total. The standard InChI is InChI=1S/C14H29N3/c1-13-5-2-3-9-17(13)12-14-6-4-8-16(11-14)10-7-15/h13-14H,2-12,15H2,1H3. The molecule has 0 aromatic heterocycles. The van der Waals surface area contributed by atoms with E-state index < -0.39 is 0 Å². The molecule has 2 atom stereocenters. The van der Waals surface area contributed by atoms with Crippen molar-refractivity contribution in [1.82, 2.24) is 9.80 Å². The van der Waals surface area contributed by atoms with E-state index in [9.17, 15) is 0 Å². The molecule has 3 nitrogen and oxygen atoms in total. The van der Waals surface area contributed by atoms with E-state index in [0.717, 1.165) is 25.0 Å². The number of hydrogen-bond donors (Lipinski definition) is 1. The molecular formula is C14H29N3. The first-order chi connectivity index (χ1) is 8.29. The highest BCUT2D eigenvalue weighted by atomic mass is 15.2. The van der Waals surface area contributed by atoms with Gasteiger partial charge >= 0.3 is 0 Å². The van der Waals surface area contributed by atoms with Crippen LogP contribution in [-0.2, 0) is 0 Å². The van der Waals surface area contributed by atoms with Crippen LogP contribution in [0.15, 0.2) is 0 Å². The zero-order valence-corrected chi connectivity index (χ0v) is 11.4. The molecule has 2 aliphatic heterocycles. The van der Waals surface area contributed by atoms with Gasteiger partial charge in [-0.05, 0) is 51.6 Å². The van der Waals surface area contributed by atoms with Crippen LogP contribution in [0, 0.1) is 5.92 Å². The molecule has 0 amide bonds. The second-order valence-corrected chi connectivity index (χ2v) is 5.94. The van der Waals surface area contributed by atoms with Crippen molar-refractivity contribution < 1.29 is 0 Å². The average Bonchev–Trinajstić information content (AvgIpc) is 2.33. The Hall–Kier alpha value is -0.120. The number of rotatable bonds is 4. The van der Waals surface area contributed by atoms with Gasteiger partial charge in [0.15, 0.2) is 0 Å². The monoisotopic (exact) mass is 239 g/mol. The molecule has 17 heavy (non-hydrogen) atoms. The molecule has 0 aromatic carbocycles. The summed E-state index contributed by atoms with van der Waals surface area (Å²) in [4.78, 5) is 5.28. The van der Waals surface area contributed by atoms with Crippen molar-refractivity contribution in [1.29, 1.82) is 0 Å². The number of hydrogen-bond acceptors (Lipinski definition) is 3. The van der Waals surface area contributed by atoms with Gasteiger partial charge in [-0.2, -0.15) is 0 Å². The molecule has 2 saturated heterocycles. The Labute approximate surface area is 106 Å². The van der Waals surface area contributed by atoms with Gasteiger partial charge in [0.25, 0.3) is 0 Å². The van der Waals surface area contributed by atoms with Gasteiger partial charge in [0.1, 0.15) is 0 Å². The maximum atomic E-state index is 5.66. The van der Waals surface area contributed by atoms with Gasteiger partial charge in [-0.1, -0.05) is 6.42 Å². The minimum Gasteiger partial charge on any atom is -0.329 e. The van der Waals surface area contributed by atoms with E-state index >= 15 is 0 Å². The van der Waals surface area contributed by atoms with Crippen molar-refractivity contribution in [2.24, 2.45) is 11.7 Å². The van der Waals surface area contributed by atoms with E-state index in [1.54, 1.807) is 0 Å². The van der Waals surface area contributed by atoms with Crippen molar-refractivity contribution in [2.45, 2.75) is 45.1 Å². The summed E-state index contributed by atoms with van der Waals surface area (Å²) in [7, 11) is 0. The Morgan fingerprint density at radius 3 is 2.76 bits per heavy atom. The largest absolute Gasteiger partial charge is 0.329 e. The van der Waals surface area contributed by atoms with E-state index in [1.807, 2.05) is 0 Å². The van der Waals surface area contributed by atoms with Crippen molar-refractivity contribution in [3.63, 3.8) is 0 Å². The predicted molar refractivity (Wildman–Crippen MR) is 73.1 cm³/mol. The smallest absolute Gasteiger partial charge is 0.0105 e. The molecule has 2 aliphatic rings. The maximum absolute atomic E-state index is 5.66. The number of nitrogens with zero attached hydrogens (tertiary/aromatic N) is 2. The Bertz CT molecular complexity index is 218. The van der Waals surface area contributed by atoms with Crippen LogP contribution in [-0.4, -0.2) is 55.1 Å². The molecular weight excluding hydrogens is 210 g/mol. The second-order valence-electron chi connectivity index (χ2n) is 5.94. The first kappa shape index (κ1) is 13.3. The lowest BCUT2D eigenvalue weighted by atomic mass is 9.95. The van der Waals surface area contributed by atoms with Gasteiger partial charge in [0.05, 0.1) is 0 Å². The van der Waals surface area contributed by atoms with Gasteiger partial charge in [-0.25, -0.2) is 0 Å². The molecule has 0 aromatic rings. The van der Waals surface area contributed by atoms with Crippen LogP contribution >= 0.6 is 0 Å². The third-order valence-corrected chi connectivity index (χ3v) is 4.48. The fraction of sp³-hybridized carbons (Fsp3) is 1.00.